The molecule has 2 aromatic carbocycles. The zero-order valence-electron chi connectivity index (χ0n) is 14.1. The van der Waals surface area contributed by atoms with Gasteiger partial charge in [0.2, 0.25) is 0 Å². The number of benzene rings is 2. The van der Waals surface area contributed by atoms with Gasteiger partial charge in [0.05, 0.1) is 47.5 Å². The van der Waals surface area contributed by atoms with E-state index in [1.807, 2.05) is 30.3 Å². The highest BCUT2D eigenvalue weighted by Gasteiger charge is 2.23. The van der Waals surface area contributed by atoms with Crippen LogP contribution in [0.15, 0.2) is 42.5 Å². The molecule has 0 radical (unpaired) electrons. The highest BCUT2D eigenvalue weighted by Crippen LogP contribution is 2.24. The van der Waals surface area contributed by atoms with Gasteiger partial charge in [-0.1, -0.05) is 35.3 Å². The summed E-state index contributed by atoms with van der Waals surface area (Å²) < 4.78 is 0. The van der Waals surface area contributed by atoms with E-state index in [9.17, 15) is 4.79 Å². The van der Waals surface area contributed by atoms with Gasteiger partial charge in [0, 0.05) is 5.69 Å². The summed E-state index contributed by atoms with van der Waals surface area (Å²) in [6, 6.07) is 14.7. The number of nitriles is 1. The average molecular weight is 390 g/mol. The fourth-order valence-electron chi connectivity index (χ4n) is 3.06. The van der Waals surface area contributed by atoms with Crippen LogP contribution in [0.1, 0.15) is 5.56 Å². The molecule has 7 heteroatoms. The lowest BCUT2D eigenvalue weighted by atomic mass is 10.2. The monoisotopic (exact) mass is 389 g/mol. The molecule has 0 aromatic heterocycles. The first kappa shape index (κ1) is 18.5. The van der Waals surface area contributed by atoms with Crippen LogP contribution in [0.4, 0.5) is 11.4 Å². The molecule has 0 saturated carbocycles. The van der Waals surface area contributed by atoms with Gasteiger partial charge in [0.25, 0.3) is 5.91 Å². The van der Waals surface area contributed by atoms with E-state index in [-0.39, 0.29) is 5.91 Å². The molecule has 0 bridgehead atoms. The summed E-state index contributed by atoms with van der Waals surface area (Å²) in [5, 5.41) is 12.8. The van der Waals surface area contributed by atoms with Crippen molar-refractivity contribution in [2.75, 3.05) is 42.9 Å². The zero-order chi connectivity index (χ0) is 18.5. The second kappa shape index (κ2) is 8.41. The number of hydrogen-bond donors (Lipinski definition) is 2. The fourth-order valence-corrected chi connectivity index (χ4v) is 3.54. The minimum absolute atomic E-state index is 0.0630. The van der Waals surface area contributed by atoms with E-state index >= 15 is 0 Å². The van der Waals surface area contributed by atoms with Gasteiger partial charge in [0.15, 0.2) is 6.54 Å². The molecule has 2 aromatic rings. The Kier molecular flexibility index (Phi) is 6.00. The van der Waals surface area contributed by atoms with Gasteiger partial charge in [-0.05, 0) is 30.3 Å². The van der Waals surface area contributed by atoms with Crippen molar-refractivity contribution in [2.24, 2.45) is 0 Å². The maximum atomic E-state index is 12.3. The lowest BCUT2D eigenvalue weighted by Crippen LogP contribution is -3.15. The first-order valence-electron chi connectivity index (χ1n) is 8.39. The lowest BCUT2D eigenvalue weighted by Gasteiger charge is -2.33. The molecule has 0 aliphatic carbocycles. The highest BCUT2D eigenvalue weighted by molar-refractivity contribution is 6.33. The Morgan fingerprint density at radius 1 is 1.15 bits per heavy atom. The van der Waals surface area contributed by atoms with Gasteiger partial charge in [-0.3, -0.25) is 4.79 Å². The van der Waals surface area contributed by atoms with Crippen LogP contribution in [0.3, 0.4) is 0 Å². The lowest BCUT2D eigenvalue weighted by molar-refractivity contribution is -0.892. The second-order valence-electron chi connectivity index (χ2n) is 6.22. The third kappa shape index (κ3) is 4.47. The van der Waals surface area contributed by atoms with Crippen LogP contribution in [-0.4, -0.2) is 38.6 Å². The van der Waals surface area contributed by atoms with Gasteiger partial charge in [-0.25, -0.2) is 0 Å². The smallest absolute Gasteiger partial charge is 0.279 e. The summed E-state index contributed by atoms with van der Waals surface area (Å²) in [4.78, 5) is 15.8. The van der Waals surface area contributed by atoms with E-state index in [1.165, 1.54) is 4.90 Å². The number of nitrogens with zero attached hydrogens (tertiary/aromatic N) is 2. The quantitative estimate of drug-likeness (QED) is 0.842. The normalized spacial score (nSPS) is 14.7. The zero-order valence-corrected chi connectivity index (χ0v) is 15.6. The van der Waals surface area contributed by atoms with Crippen LogP contribution in [0.25, 0.3) is 0 Å². The number of halogens is 2. The molecule has 5 nitrogen and oxygen atoms in total. The Morgan fingerprint density at radius 3 is 2.54 bits per heavy atom. The van der Waals surface area contributed by atoms with E-state index in [0.717, 1.165) is 36.9 Å². The molecule has 0 atom stereocenters. The summed E-state index contributed by atoms with van der Waals surface area (Å²) in [5.41, 5.74) is 2.05. The van der Waals surface area contributed by atoms with E-state index in [1.54, 1.807) is 18.2 Å². The standard InChI is InChI=1S/C19H18Cl2N4O/c20-16-3-1-2-4-18(16)25-9-7-24(8-10-25)13-19(26)23-15-6-5-14(12-22)17(21)11-15/h1-6,11H,7-10,13H2,(H,23,26)/p+1. The predicted octanol–water partition coefficient (Wildman–Crippen LogP) is 2.21. The third-order valence-corrected chi connectivity index (χ3v) is 5.08. The second-order valence-corrected chi connectivity index (χ2v) is 7.03. The number of carbonyl (C=O) groups is 1. The fraction of sp³-hybridized carbons (Fsp3) is 0.263. The number of amides is 1. The number of hydrogen-bond acceptors (Lipinski definition) is 3. The average Bonchev–Trinajstić information content (AvgIpc) is 2.63. The molecule has 0 spiro atoms. The van der Waals surface area contributed by atoms with Crippen molar-refractivity contribution in [2.45, 2.75) is 0 Å². The van der Waals surface area contributed by atoms with Crippen LogP contribution in [0.5, 0.6) is 0 Å². The summed E-state index contributed by atoms with van der Waals surface area (Å²) in [6.07, 6.45) is 0. The van der Waals surface area contributed by atoms with Crippen molar-refractivity contribution < 1.29 is 9.69 Å². The predicted molar refractivity (Wildman–Crippen MR) is 104 cm³/mol. The molecular weight excluding hydrogens is 371 g/mol. The van der Waals surface area contributed by atoms with Gasteiger partial charge in [-0.2, -0.15) is 5.26 Å². The van der Waals surface area contributed by atoms with Gasteiger partial charge in [-0.15, -0.1) is 0 Å². The molecule has 134 valence electrons. The number of nitrogens with one attached hydrogen (secondary N) is 2. The van der Waals surface area contributed by atoms with Crippen molar-refractivity contribution in [1.82, 2.24) is 0 Å². The van der Waals surface area contributed by atoms with E-state index in [4.69, 9.17) is 28.5 Å². The van der Waals surface area contributed by atoms with Crippen LogP contribution in [0, 0.1) is 11.3 Å². The minimum Gasteiger partial charge on any atom is -0.359 e. The molecule has 2 N–H and O–H groups in total. The molecule has 1 amide bonds. The first-order chi connectivity index (χ1) is 12.6. The number of piperazine rings is 1. The number of quaternary nitrogens is 1. The van der Waals surface area contributed by atoms with E-state index in [2.05, 4.69) is 10.2 Å². The minimum atomic E-state index is -0.0630. The summed E-state index contributed by atoms with van der Waals surface area (Å²) in [6.45, 7) is 3.84. The molecule has 1 heterocycles. The first-order valence-corrected chi connectivity index (χ1v) is 9.15. The molecule has 1 fully saturated rings. The van der Waals surface area contributed by atoms with Crippen molar-refractivity contribution >= 4 is 40.5 Å². The Morgan fingerprint density at radius 2 is 1.88 bits per heavy atom. The van der Waals surface area contributed by atoms with Gasteiger partial charge >= 0.3 is 0 Å². The topological polar surface area (TPSA) is 60.6 Å². The highest BCUT2D eigenvalue weighted by atomic mass is 35.5. The molecule has 1 saturated heterocycles. The van der Waals surface area contributed by atoms with Gasteiger partial charge < -0.3 is 15.1 Å². The van der Waals surface area contributed by atoms with Crippen LogP contribution in [0.2, 0.25) is 10.0 Å². The maximum Gasteiger partial charge on any atom is 0.279 e. The molecule has 1 aliphatic rings. The number of rotatable bonds is 4. The SMILES string of the molecule is N#Cc1ccc(NC(=O)C[NH+]2CCN(c3ccccc3Cl)CC2)cc1Cl. The van der Waals surface area contributed by atoms with E-state index < -0.39 is 0 Å². The Bertz CT molecular complexity index is 842. The Balaban J connectivity index is 1.51. The molecule has 26 heavy (non-hydrogen) atoms. The van der Waals surface area contributed by atoms with E-state index in [0.29, 0.717) is 22.8 Å². The van der Waals surface area contributed by atoms with Crippen molar-refractivity contribution in [3.8, 4) is 6.07 Å². The molecular formula is C19H19Cl2N4O+. The summed E-state index contributed by atoms with van der Waals surface area (Å²) in [5.74, 6) is -0.0630. The van der Waals surface area contributed by atoms with Gasteiger partial charge in [0.1, 0.15) is 6.07 Å². The summed E-state index contributed by atoms with van der Waals surface area (Å²) in [7, 11) is 0. The number of anilines is 2. The number of para-hydroxylation sites is 1. The molecule has 0 unspecified atom stereocenters. The largest absolute Gasteiger partial charge is 0.359 e. The Hall–Kier alpha value is -2.26. The van der Waals surface area contributed by atoms with Crippen molar-refractivity contribution in [1.29, 1.82) is 5.26 Å². The molecule has 1 aliphatic heterocycles. The summed E-state index contributed by atoms with van der Waals surface area (Å²) >= 11 is 12.3. The molecule has 3 rings (SSSR count). The number of carbonyl (C=O) groups excluding carboxylic acids is 1. The maximum absolute atomic E-state index is 12.3. The van der Waals surface area contributed by atoms with Crippen LogP contribution >= 0.6 is 23.2 Å². The third-order valence-electron chi connectivity index (χ3n) is 4.45. The van der Waals surface area contributed by atoms with Crippen LogP contribution < -0.4 is 15.1 Å². The van der Waals surface area contributed by atoms with Crippen LogP contribution in [-0.2, 0) is 4.79 Å². The van der Waals surface area contributed by atoms with Crippen molar-refractivity contribution in [3.05, 3.63) is 58.1 Å². The van der Waals surface area contributed by atoms with Crippen molar-refractivity contribution in [3.63, 3.8) is 0 Å². The Labute approximate surface area is 162 Å².